The molecule has 0 aliphatic carbocycles. The highest BCUT2D eigenvalue weighted by atomic mass is 19.2. The molecule has 110 valence electrons. The molecule has 1 aliphatic rings. The lowest BCUT2D eigenvalue weighted by Gasteiger charge is -2.22. The van der Waals surface area contributed by atoms with Gasteiger partial charge < -0.3 is 10.3 Å². The lowest BCUT2D eigenvalue weighted by atomic mass is 10.0. The van der Waals surface area contributed by atoms with E-state index >= 15 is 0 Å². The van der Waals surface area contributed by atoms with Gasteiger partial charge in [-0.25, -0.2) is 18.2 Å². The largest absolute Gasteiger partial charge is 0.347 e. The van der Waals surface area contributed by atoms with Crippen LogP contribution in [0.1, 0.15) is 11.4 Å². The van der Waals surface area contributed by atoms with E-state index in [4.69, 9.17) is 0 Å². The second-order valence-corrected chi connectivity index (χ2v) is 4.70. The number of nitrogens with one attached hydrogen (secondary N) is 3. The van der Waals surface area contributed by atoms with E-state index in [2.05, 4.69) is 20.6 Å². The van der Waals surface area contributed by atoms with E-state index in [1.165, 1.54) is 6.33 Å². The fraction of sp³-hybridized carbons (Fsp3) is 0.231. The Balaban J connectivity index is 1.76. The van der Waals surface area contributed by atoms with Crippen LogP contribution < -0.4 is 10.6 Å². The molecular formula is C13H11F3N4O. The minimum absolute atomic E-state index is 0.310. The number of nitrogens with zero attached hydrogens (tertiary/aromatic N) is 1. The van der Waals surface area contributed by atoms with Crippen molar-refractivity contribution in [1.82, 2.24) is 15.3 Å². The highest BCUT2D eigenvalue weighted by Crippen LogP contribution is 2.20. The third-order valence-corrected chi connectivity index (χ3v) is 3.30. The van der Waals surface area contributed by atoms with Gasteiger partial charge in [-0.1, -0.05) is 0 Å². The molecule has 3 rings (SSSR count). The van der Waals surface area contributed by atoms with Gasteiger partial charge in [0, 0.05) is 25.1 Å². The molecule has 0 saturated heterocycles. The number of imidazole rings is 1. The van der Waals surface area contributed by atoms with Gasteiger partial charge in [-0.05, 0) is 0 Å². The predicted octanol–water partition coefficient (Wildman–Crippen LogP) is 1.48. The average Bonchev–Trinajstić information content (AvgIpc) is 2.91. The Morgan fingerprint density at radius 2 is 2.14 bits per heavy atom. The number of halogens is 3. The number of hydrogen-bond donors (Lipinski definition) is 3. The number of anilines is 1. The topological polar surface area (TPSA) is 69.8 Å². The van der Waals surface area contributed by atoms with Crippen LogP contribution in [-0.4, -0.2) is 21.9 Å². The van der Waals surface area contributed by atoms with Gasteiger partial charge in [-0.3, -0.25) is 10.1 Å². The van der Waals surface area contributed by atoms with Crippen LogP contribution in [0.2, 0.25) is 0 Å². The van der Waals surface area contributed by atoms with Gasteiger partial charge in [0.05, 0.1) is 29.4 Å². The molecule has 0 spiro atoms. The van der Waals surface area contributed by atoms with Crippen LogP contribution >= 0.6 is 0 Å². The molecule has 5 nitrogen and oxygen atoms in total. The lowest BCUT2D eigenvalue weighted by molar-refractivity contribution is -0.118. The predicted molar refractivity (Wildman–Crippen MR) is 67.9 cm³/mol. The van der Waals surface area contributed by atoms with Crippen LogP contribution in [0.4, 0.5) is 18.9 Å². The number of carbonyl (C=O) groups is 1. The van der Waals surface area contributed by atoms with Gasteiger partial charge >= 0.3 is 0 Å². The van der Waals surface area contributed by atoms with Crippen LogP contribution in [0.3, 0.4) is 0 Å². The SMILES string of the molecule is O=C(Nc1cc(F)cc(F)c1F)C1Cc2nc[nH]c2CN1. The lowest BCUT2D eigenvalue weighted by Crippen LogP contribution is -2.45. The normalized spacial score (nSPS) is 17.4. The van der Waals surface area contributed by atoms with Gasteiger partial charge in [0.15, 0.2) is 11.6 Å². The molecule has 1 aliphatic heterocycles. The van der Waals surface area contributed by atoms with Gasteiger partial charge in [-0.2, -0.15) is 0 Å². The van der Waals surface area contributed by atoms with E-state index in [0.717, 1.165) is 17.5 Å². The smallest absolute Gasteiger partial charge is 0.242 e. The highest BCUT2D eigenvalue weighted by molar-refractivity contribution is 5.95. The molecule has 1 unspecified atom stereocenters. The van der Waals surface area contributed by atoms with E-state index in [1.54, 1.807) is 0 Å². The number of aromatic nitrogens is 2. The van der Waals surface area contributed by atoms with Crippen LogP contribution in [0, 0.1) is 17.5 Å². The number of benzene rings is 1. The Morgan fingerprint density at radius 3 is 2.95 bits per heavy atom. The highest BCUT2D eigenvalue weighted by Gasteiger charge is 2.26. The molecule has 2 aromatic rings. The number of hydrogen-bond acceptors (Lipinski definition) is 3. The zero-order valence-electron chi connectivity index (χ0n) is 10.7. The minimum Gasteiger partial charge on any atom is -0.347 e. The van der Waals surface area contributed by atoms with Crippen molar-refractivity contribution in [3.05, 3.63) is 47.3 Å². The number of amides is 1. The molecule has 1 aromatic carbocycles. The third-order valence-electron chi connectivity index (χ3n) is 3.30. The van der Waals surface area contributed by atoms with E-state index in [0.29, 0.717) is 19.0 Å². The first-order valence-corrected chi connectivity index (χ1v) is 6.24. The molecule has 1 amide bonds. The summed E-state index contributed by atoms with van der Waals surface area (Å²) >= 11 is 0. The summed E-state index contributed by atoms with van der Waals surface area (Å²) in [6.07, 6.45) is 1.83. The zero-order chi connectivity index (χ0) is 15.0. The molecule has 3 N–H and O–H groups in total. The summed E-state index contributed by atoms with van der Waals surface area (Å²) in [5.41, 5.74) is 1.09. The first kappa shape index (κ1) is 13.6. The minimum atomic E-state index is -1.35. The Kier molecular flexibility index (Phi) is 3.38. The van der Waals surface area contributed by atoms with Crippen molar-refractivity contribution in [3.8, 4) is 0 Å². The second kappa shape index (κ2) is 5.21. The van der Waals surface area contributed by atoms with E-state index in [9.17, 15) is 18.0 Å². The molecule has 0 fully saturated rings. The van der Waals surface area contributed by atoms with E-state index in [1.807, 2.05) is 0 Å². The number of aromatic amines is 1. The van der Waals surface area contributed by atoms with E-state index < -0.39 is 35.1 Å². The van der Waals surface area contributed by atoms with Crippen molar-refractivity contribution in [2.75, 3.05) is 5.32 Å². The van der Waals surface area contributed by atoms with Gasteiger partial charge in [0.1, 0.15) is 5.82 Å². The van der Waals surface area contributed by atoms with Crippen molar-refractivity contribution in [3.63, 3.8) is 0 Å². The molecule has 0 radical (unpaired) electrons. The first-order valence-electron chi connectivity index (χ1n) is 6.24. The molecule has 2 heterocycles. The Bertz CT molecular complexity index is 701. The maximum Gasteiger partial charge on any atom is 0.242 e. The molecule has 1 atom stereocenters. The van der Waals surface area contributed by atoms with Crippen molar-refractivity contribution in [2.24, 2.45) is 0 Å². The monoisotopic (exact) mass is 296 g/mol. The number of fused-ring (bicyclic) bond motifs is 1. The third kappa shape index (κ3) is 2.62. The Morgan fingerprint density at radius 1 is 1.33 bits per heavy atom. The van der Waals surface area contributed by atoms with Crippen molar-refractivity contribution in [1.29, 1.82) is 0 Å². The average molecular weight is 296 g/mol. The molecule has 1 aromatic heterocycles. The summed E-state index contributed by atoms with van der Waals surface area (Å²) in [7, 11) is 0. The van der Waals surface area contributed by atoms with Gasteiger partial charge in [0.25, 0.3) is 0 Å². The summed E-state index contributed by atoms with van der Waals surface area (Å²) in [4.78, 5) is 19.0. The van der Waals surface area contributed by atoms with Crippen LogP contribution in [0.5, 0.6) is 0 Å². The summed E-state index contributed by atoms with van der Waals surface area (Å²) in [6, 6.07) is 0.505. The first-order chi connectivity index (χ1) is 10.0. The fourth-order valence-electron chi connectivity index (χ4n) is 2.22. The zero-order valence-corrected chi connectivity index (χ0v) is 10.7. The fourth-order valence-corrected chi connectivity index (χ4v) is 2.22. The van der Waals surface area contributed by atoms with E-state index in [-0.39, 0.29) is 0 Å². The molecular weight excluding hydrogens is 285 g/mol. The quantitative estimate of drug-likeness (QED) is 0.735. The van der Waals surface area contributed by atoms with Gasteiger partial charge in [0.2, 0.25) is 5.91 Å². The summed E-state index contributed by atoms with van der Waals surface area (Å²) in [5.74, 6) is -4.18. The Labute approximate surface area is 117 Å². The summed E-state index contributed by atoms with van der Waals surface area (Å²) in [6.45, 7) is 0.410. The van der Waals surface area contributed by atoms with Crippen LogP contribution in [-0.2, 0) is 17.8 Å². The van der Waals surface area contributed by atoms with Crippen LogP contribution in [0.25, 0.3) is 0 Å². The molecule has 8 heteroatoms. The maximum atomic E-state index is 13.5. The second-order valence-electron chi connectivity index (χ2n) is 4.70. The number of rotatable bonds is 2. The molecule has 21 heavy (non-hydrogen) atoms. The summed E-state index contributed by atoms with van der Waals surface area (Å²) < 4.78 is 39.7. The molecule has 0 bridgehead atoms. The molecule has 0 saturated carbocycles. The number of carbonyl (C=O) groups excluding carboxylic acids is 1. The van der Waals surface area contributed by atoms with Gasteiger partial charge in [-0.15, -0.1) is 0 Å². The summed E-state index contributed by atoms with van der Waals surface area (Å²) in [5, 5.41) is 5.13. The Hall–Kier alpha value is -2.35. The van der Waals surface area contributed by atoms with Crippen molar-refractivity contribution in [2.45, 2.75) is 19.0 Å². The van der Waals surface area contributed by atoms with Crippen LogP contribution in [0.15, 0.2) is 18.5 Å². The van der Waals surface area contributed by atoms with Crippen molar-refractivity contribution >= 4 is 11.6 Å². The standard InChI is InChI=1S/C13H11F3N4O/c14-6-1-7(15)12(16)9(2-6)20-13(21)10-3-8-11(4-17-10)19-5-18-8/h1-2,5,10,17H,3-4H2,(H,18,19)(H,20,21). The number of H-pyrrole nitrogens is 1. The maximum absolute atomic E-state index is 13.5. The van der Waals surface area contributed by atoms with Crippen molar-refractivity contribution < 1.29 is 18.0 Å².